The van der Waals surface area contributed by atoms with Crippen molar-refractivity contribution in [3.05, 3.63) is 36.7 Å². The van der Waals surface area contributed by atoms with E-state index in [0.717, 1.165) is 16.3 Å². The van der Waals surface area contributed by atoms with E-state index in [1.807, 2.05) is 29.9 Å². The second-order valence-electron chi connectivity index (χ2n) is 6.42. The highest BCUT2D eigenvalue weighted by molar-refractivity contribution is 7.99. The normalized spacial score (nSPS) is 17.0. The van der Waals surface area contributed by atoms with Gasteiger partial charge in [0.05, 0.1) is 0 Å². The van der Waals surface area contributed by atoms with Crippen molar-refractivity contribution < 1.29 is 13.2 Å². The Hall–Kier alpha value is -1.84. The van der Waals surface area contributed by atoms with Crippen LogP contribution in [0.4, 0.5) is 5.69 Å². The van der Waals surface area contributed by atoms with Gasteiger partial charge in [-0.3, -0.25) is 4.79 Å². The maximum Gasteiger partial charge on any atom is 0.245 e. The molecule has 26 heavy (non-hydrogen) atoms. The minimum atomic E-state index is -3.52. The third-order valence-corrected chi connectivity index (χ3v) is 7.73. The second-order valence-corrected chi connectivity index (χ2v) is 9.78. The maximum absolute atomic E-state index is 12.8. The lowest BCUT2D eigenvalue weighted by Crippen LogP contribution is -2.55. The van der Waals surface area contributed by atoms with Gasteiger partial charge in [-0.05, 0) is 50.2 Å². The average Bonchev–Trinajstić information content (AvgIpc) is 3.01. The number of nitrogens with one attached hydrogen (secondary N) is 2. The minimum absolute atomic E-state index is 0.283. The molecule has 140 valence electrons. The molecule has 0 aliphatic carbocycles. The van der Waals surface area contributed by atoms with Gasteiger partial charge in [-0.1, -0.05) is 11.8 Å². The minimum Gasteiger partial charge on any atom is -0.329 e. The van der Waals surface area contributed by atoms with Crippen LogP contribution >= 0.6 is 11.8 Å². The van der Waals surface area contributed by atoms with Crippen molar-refractivity contribution in [1.29, 1.82) is 0 Å². The molecule has 2 aromatic rings. The number of nitrogens with zero attached hydrogens (tertiary/aromatic N) is 2. The van der Waals surface area contributed by atoms with Gasteiger partial charge in [0, 0.05) is 36.3 Å². The van der Waals surface area contributed by atoms with E-state index in [-0.39, 0.29) is 12.8 Å². The quantitative estimate of drug-likeness (QED) is 0.801. The summed E-state index contributed by atoms with van der Waals surface area (Å²) in [5.41, 5.74) is 0.584. The third kappa shape index (κ3) is 3.79. The number of piperidine rings is 1. The van der Waals surface area contributed by atoms with Crippen LogP contribution in [0.25, 0.3) is 0 Å². The van der Waals surface area contributed by atoms with Crippen LogP contribution in [0.1, 0.15) is 12.8 Å². The number of hydrogen-bond acceptors (Lipinski definition) is 6. The summed E-state index contributed by atoms with van der Waals surface area (Å²) in [6.45, 7) is 1.03. The Labute approximate surface area is 157 Å². The Morgan fingerprint density at radius 1 is 1.27 bits per heavy atom. The molecule has 2 heterocycles. The third-order valence-electron chi connectivity index (χ3n) is 4.63. The summed E-state index contributed by atoms with van der Waals surface area (Å²) in [5.74, 6) is -0.453. The van der Waals surface area contributed by atoms with E-state index in [1.165, 1.54) is 11.8 Å². The second kappa shape index (κ2) is 7.42. The van der Waals surface area contributed by atoms with Gasteiger partial charge in [-0.15, -0.1) is 0 Å². The number of sulfone groups is 1. The lowest BCUT2D eigenvalue weighted by Gasteiger charge is -2.34. The first-order valence-electron chi connectivity index (χ1n) is 8.29. The van der Waals surface area contributed by atoms with Gasteiger partial charge in [0.1, 0.15) is 0 Å². The molecule has 1 aromatic heterocycles. The first-order valence-corrected chi connectivity index (χ1v) is 11.0. The fourth-order valence-corrected chi connectivity index (χ4v) is 5.14. The van der Waals surface area contributed by atoms with Gasteiger partial charge in [0.25, 0.3) is 0 Å². The Kier molecular flexibility index (Phi) is 5.40. The first kappa shape index (κ1) is 18.9. The summed E-state index contributed by atoms with van der Waals surface area (Å²) < 4.78 is 25.2. The lowest BCUT2D eigenvalue weighted by molar-refractivity contribution is -0.119. The van der Waals surface area contributed by atoms with E-state index in [0.29, 0.717) is 18.8 Å². The molecular weight excluding hydrogens is 372 g/mol. The van der Waals surface area contributed by atoms with Crippen molar-refractivity contribution in [3.8, 4) is 0 Å². The van der Waals surface area contributed by atoms with Crippen LogP contribution in [-0.2, 0) is 21.7 Å². The van der Waals surface area contributed by atoms with Crippen molar-refractivity contribution >= 4 is 33.2 Å². The topological polar surface area (TPSA) is 93.1 Å². The number of aromatic nitrogens is 2. The smallest absolute Gasteiger partial charge is 0.245 e. The molecule has 0 atom stereocenters. The highest BCUT2D eigenvalue weighted by Gasteiger charge is 2.48. The van der Waals surface area contributed by atoms with E-state index in [4.69, 9.17) is 0 Å². The summed E-state index contributed by atoms with van der Waals surface area (Å²) in [5, 5.41) is 6.76. The van der Waals surface area contributed by atoms with Gasteiger partial charge in [-0.25, -0.2) is 13.4 Å². The molecule has 9 heteroatoms. The number of carbonyl (C=O) groups excluding carboxylic acids is 1. The Balaban J connectivity index is 1.73. The van der Waals surface area contributed by atoms with Crippen molar-refractivity contribution in [2.45, 2.75) is 27.6 Å². The standard InChI is InChI=1S/C17H22N4O3S2/c1-21-12-11-19-16(21)25-14-5-3-13(4-6-14)20-15(22)17(26(2,23)24)7-9-18-10-8-17/h3-6,11-12,18H,7-10H2,1-2H3,(H,20,22). The largest absolute Gasteiger partial charge is 0.329 e. The maximum atomic E-state index is 12.8. The molecule has 0 radical (unpaired) electrons. The molecule has 1 saturated heterocycles. The van der Waals surface area contributed by atoms with Crippen LogP contribution in [0.2, 0.25) is 0 Å². The van der Waals surface area contributed by atoms with E-state index < -0.39 is 20.5 Å². The SMILES string of the molecule is Cn1ccnc1Sc1ccc(NC(=O)C2(S(C)(=O)=O)CCNCC2)cc1. The van der Waals surface area contributed by atoms with Crippen molar-refractivity contribution in [3.63, 3.8) is 0 Å². The Morgan fingerprint density at radius 2 is 1.92 bits per heavy atom. The number of hydrogen-bond donors (Lipinski definition) is 2. The molecule has 0 unspecified atom stereocenters. The summed E-state index contributed by atoms with van der Waals surface area (Å²) in [4.78, 5) is 18.0. The van der Waals surface area contributed by atoms with Gasteiger partial charge >= 0.3 is 0 Å². The molecular formula is C17H22N4O3S2. The summed E-state index contributed by atoms with van der Waals surface area (Å²) in [6, 6.07) is 7.31. The zero-order valence-corrected chi connectivity index (χ0v) is 16.4. The zero-order chi connectivity index (χ0) is 18.8. The molecule has 0 spiro atoms. The van der Waals surface area contributed by atoms with Crippen molar-refractivity contribution in [1.82, 2.24) is 14.9 Å². The van der Waals surface area contributed by atoms with Crippen LogP contribution in [0.5, 0.6) is 0 Å². The number of rotatable bonds is 5. The molecule has 1 fully saturated rings. The zero-order valence-electron chi connectivity index (χ0n) is 14.7. The van der Waals surface area contributed by atoms with Gasteiger partial charge in [-0.2, -0.15) is 0 Å². The molecule has 2 N–H and O–H groups in total. The highest BCUT2D eigenvalue weighted by Crippen LogP contribution is 2.30. The fourth-order valence-electron chi connectivity index (χ4n) is 3.00. The Bertz CT molecular complexity index is 885. The molecule has 0 bridgehead atoms. The van der Waals surface area contributed by atoms with Gasteiger partial charge < -0.3 is 15.2 Å². The van der Waals surface area contributed by atoms with Crippen LogP contribution in [0.15, 0.2) is 46.7 Å². The number of carbonyl (C=O) groups is 1. The number of aryl methyl sites for hydroxylation is 1. The Morgan fingerprint density at radius 3 is 2.46 bits per heavy atom. The van der Waals surface area contributed by atoms with Crippen LogP contribution in [0.3, 0.4) is 0 Å². The predicted octanol–water partition coefficient (Wildman–Crippen LogP) is 1.68. The average molecular weight is 395 g/mol. The van der Waals surface area contributed by atoms with Crippen LogP contribution in [-0.4, -0.2) is 48.0 Å². The van der Waals surface area contributed by atoms with E-state index in [2.05, 4.69) is 15.6 Å². The number of imidazole rings is 1. The fraction of sp³-hybridized carbons (Fsp3) is 0.412. The number of benzene rings is 1. The molecule has 1 aliphatic heterocycles. The number of amides is 1. The molecule has 0 saturated carbocycles. The first-order chi connectivity index (χ1) is 12.3. The van der Waals surface area contributed by atoms with Crippen molar-refractivity contribution in [2.75, 3.05) is 24.7 Å². The summed E-state index contributed by atoms with van der Waals surface area (Å²) >= 11 is 1.52. The molecule has 7 nitrogen and oxygen atoms in total. The van der Waals surface area contributed by atoms with E-state index in [9.17, 15) is 13.2 Å². The molecule has 1 aromatic carbocycles. The summed E-state index contributed by atoms with van der Waals surface area (Å²) in [6.07, 6.45) is 5.32. The lowest BCUT2D eigenvalue weighted by atomic mass is 9.95. The van der Waals surface area contributed by atoms with Crippen molar-refractivity contribution in [2.24, 2.45) is 7.05 Å². The van der Waals surface area contributed by atoms with Gasteiger partial charge in [0.2, 0.25) is 5.91 Å². The predicted molar refractivity (Wildman–Crippen MR) is 102 cm³/mol. The number of anilines is 1. The molecule has 1 aliphatic rings. The molecule has 1 amide bonds. The molecule has 3 rings (SSSR count). The summed E-state index contributed by atoms with van der Waals surface area (Å²) in [7, 11) is -1.60. The van der Waals surface area contributed by atoms with Gasteiger partial charge in [0.15, 0.2) is 19.7 Å². The highest BCUT2D eigenvalue weighted by atomic mass is 32.2. The van der Waals surface area contributed by atoms with E-state index in [1.54, 1.807) is 18.3 Å². The van der Waals surface area contributed by atoms with Crippen LogP contribution < -0.4 is 10.6 Å². The monoisotopic (exact) mass is 394 g/mol. The van der Waals surface area contributed by atoms with Crippen LogP contribution in [0, 0.1) is 0 Å². The van der Waals surface area contributed by atoms with E-state index >= 15 is 0 Å².